The minimum absolute atomic E-state index is 0.178. The van der Waals surface area contributed by atoms with Crippen LogP contribution in [0.2, 0.25) is 0 Å². The maximum absolute atomic E-state index is 12.8. The summed E-state index contributed by atoms with van der Waals surface area (Å²) < 4.78 is 6.59. The first kappa shape index (κ1) is 20.4. The first-order valence-electron chi connectivity index (χ1n) is 10.5. The number of carbonyl (C=O) groups is 1. The Balaban J connectivity index is 1.46. The lowest BCUT2D eigenvalue weighted by Crippen LogP contribution is -2.29. The molecule has 3 aromatic heterocycles. The molecule has 0 aliphatic heterocycles. The lowest BCUT2D eigenvalue weighted by Gasteiger charge is -2.11. The quantitative estimate of drug-likeness (QED) is 0.492. The van der Waals surface area contributed by atoms with E-state index < -0.39 is 0 Å². The van der Waals surface area contributed by atoms with Crippen LogP contribution in [0.4, 0.5) is 5.69 Å². The highest BCUT2D eigenvalue weighted by Crippen LogP contribution is 2.33. The summed E-state index contributed by atoms with van der Waals surface area (Å²) in [6, 6.07) is 13.2. The van der Waals surface area contributed by atoms with Crippen LogP contribution in [0.3, 0.4) is 0 Å². The van der Waals surface area contributed by atoms with Crippen molar-refractivity contribution < 1.29 is 9.32 Å². The van der Waals surface area contributed by atoms with Crippen LogP contribution in [0, 0.1) is 13.8 Å². The van der Waals surface area contributed by atoms with Crippen molar-refractivity contribution in [3.63, 3.8) is 0 Å². The Morgan fingerprint density at radius 1 is 1.12 bits per heavy atom. The summed E-state index contributed by atoms with van der Waals surface area (Å²) in [7, 11) is 0. The van der Waals surface area contributed by atoms with Crippen molar-refractivity contribution in [1.82, 2.24) is 14.9 Å². The van der Waals surface area contributed by atoms with Crippen molar-refractivity contribution in [1.29, 1.82) is 0 Å². The molecule has 1 aliphatic rings. The van der Waals surface area contributed by atoms with Crippen LogP contribution >= 0.6 is 11.3 Å². The Morgan fingerprint density at radius 2 is 1.97 bits per heavy atom. The molecule has 5 rings (SSSR count). The third-order valence-corrected chi connectivity index (χ3v) is 6.55. The topological polar surface area (TPSA) is 90.0 Å². The highest BCUT2D eigenvalue weighted by Gasteiger charge is 2.19. The molecule has 1 amide bonds. The first-order chi connectivity index (χ1) is 15.5. The number of nitrogens with one attached hydrogen (secondary N) is 1. The van der Waals surface area contributed by atoms with Gasteiger partial charge >= 0.3 is 0 Å². The first-order valence-corrected chi connectivity index (χ1v) is 11.3. The SMILES string of the molecule is Cc1cc(-c2cc(=O)n(CC(=O)Nc3ccc4c(c3)CCC4)nc2-c2ccc(C)s2)on1. The van der Waals surface area contributed by atoms with E-state index in [1.165, 1.54) is 21.9 Å². The summed E-state index contributed by atoms with van der Waals surface area (Å²) in [4.78, 5) is 27.5. The Bertz CT molecular complexity index is 1380. The highest BCUT2D eigenvalue weighted by molar-refractivity contribution is 7.15. The molecule has 1 aliphatic carbocycles. The normalized spacial score (nSPS) is 12.7. The van der Waals surface area contributed by atoms with Crippen molar-refractivity contribution in [3.05, 3.63) is 74.5 Å². The fourth-order valence-electron chi connectivity index (χ4n) is 4.01. The molecule has 3 heterocycles. The summed E-state index contributed by atoms with van der Waals surface area (Å²) in [5, 5.41) is 11.4. The van der Waals surface area contributed by atoms with Gasteiger partial charge in [0.1, 0.15) is 12.2 Å². The zero-order chi connectivity index (χ0) is 22.2. The largest absolute Gasteiger partial charge is 0.356 e. The molecular formula is C24H22N4O3S. The van der Waals surface area contributed by atoms with Gasteiger partial charge in [0.2, 0.25) is 5.91 Å². The van der Waals surface area contributed by atoms with Crippen molar-refractivity contribution >= 4 is 22.9 Å². The fraction of sp³-hybridized carbons (Fsp3) is 0.250. The van der Waals surface area contributed by atoms with Gasteiger partial charge in [0.15, 0.2) is 5.76 Å². The number of aryl methyl sites for hydroxylation is 4. The molecule has 1 N–H and O–H groups in total. The van der Waals surface area contributed by atoms with Gasteiger partial charge in [-0.25, -0.2) is 4.68 Å². The van der Waals surface area contributed by atoms with E-state index in [4.69, 9.17) is 4.52 Å². The number of benzene rings is 1. The second-order valence-corrected chi connectivity index (χ2v) is 9.32. The van der Waals surface area contributed by atoms with Crippen LogP contribution < -0.4 is 10.9 Å². The number of nitrogens with zero attached hydrogens (tertiary/aromatic N) is 3. The third-order valence-electron chi connectivity index (χ3n) is 5.54. The standard InChI is InChI=1S/C24H22N4O3S/c1-14-10-20(31-27-14)19-12-23(30)28(26-24(19)21-9-6-15(2)32-21)13-22(29)25-18-8-7-16-4-3-5-17(16)11-18/h6-12H,3-5,13H2,1-2H3,(H,25,29). The van der Waals surface area contributed by atoms with Crippen LogP contribution in [0.25, 0.3) is 21.9 Å². The van der Waals surface area contributed by atoms with Crippen LogP contribution in [0.15, 0.2) is 51.8 Å². The fourth-order valence-corrected chi connectivity index (χ4v) is 4.88. The van der Waals surface area contributed by atoms with E-state index >= 15 is 0 Å². The van der Waals surface area contributed by atoms with Crippen molar-refractivity contribution in [2.45, 2.75) is 39.7 Å². The third kappa shape index (κ3) is 4.01. The molecule has 0 fully saturated rings. The lowest BCUT2D eigenvalue weighted by molar-refractivity contribution is -0.117. The van der Waals surface area contributed by atoms with Crippen LogP contribution in [-0.4, -0.2) is 20.8 Å². The molecule has 0 radical (unpaired) electrons. The number of rotatable bonds is 5. The molecule has 0 saturated carbocycles. The van der Waals surface area contributed by atoms with Crippen LogP contribution in [0.5, 0.6) is 0 Å². The molecule has 162 valence electrons. The molecule has 7 nitrogen and oxygen atoms in total. The van der Waals surface area contributed by atoms with Gasteiger partial charge in [0.05, 0.1) is 16.1 Å². The maximum atomic E-state index is 12.8. The van der Waals surface area contributed by atoms with E-state index in [2.05, 4.69) is 21.6 Å². The Labute approximate surface area is 188 Å². The minimum atomic E-state index is -0.379. The maximum Gasteiger partial charge on any atom is 0.268 e. The zero-order valence-electron chi connectivity index (χ0n) is 17.8. The molecule has 0 atom stereocenters. The number of carbonyl (C=O) groups excluding carboxylic acids is 1. The monoisotopic (exact) mass is 446 g/mol. The second-order valence-electron chi connectivity index (χ2n) is 8.03. The second kappa shape index (κ2) is 8.20. The van der Waals surface area contributed by atoms with Gasteiger partial charge in [0.25, 0.3) is 5.56 Å². The number of amides is 1. The average molecular weight is 447 g/mol. The summed E-state index contributed by atoms with van der Waals surface area (Å²) in [5.74, 6) is 0.178. The average Bonchev–Trinajstić information content (AvgIpc) is 3.50. The van der Waals surface area contributed by atoms with Gasteiger partial charge in [-0.2, -0.15) is 5.10 Å². The van der Waals surface area contributed by atoms with Crippen molar-refractivity contribution in [2.75, 3.05) is 5.32 Å². The van der Waals surface area contributed by atoms with Crippen LogP contribution in [-0.2, 0) is 24.2 Å². The van der Waals surface area contributed by atoms with Crippen molar-refractivity contribution in [3.8, 4) is 21.9 Å². The Kier molecular flexibility index (Phi) is 5.22. The molecule has 1 aromatic carbocycles. The van der Waals surface area contributed by atoms with E-state index in [0.29, 0.717) is 22.7 Å². The van der Waals surface area contributed by atoms with Gasteiger partial charge in [-0.15, -0.1) is 11.3 Å². The van der Waals surface area contributed by atoms with Gasteiger partial charge in [-0.05, 0) is 68.5 Å². The van der Waals surface area contributed by atoms with Crippen LogP contribution in [0.1, 0.15) is 28.1 Å². The number of hydrogen-bond acceptors (Lipinski definition) is 6. The smallest absolute Gasteiger partial charge is 0.268 e. The van der Waals surface area contributed by atoms with Gasteiger partial charge in [-0.1, -0.05) is 11.2 Å². The summed E-state index contributed by atoms with van der Waals surface area (Å²) in [6.07, 6.45) is 3.27. The molecular weight excluding hydrogens is 424 g/mol. The molecule has 4 aromatic rings. The van der Waals surface area contributed by atoms with Gasteiger partial charge in [0, 0.05) is 22.7 Å². The lowest BCUT2D eigenvalue weighted by atomic mass is 10.1. The van der Waals surface area contributed by atoms with E-state index in [1.807, 2.05) is 38.1 Å². The summed E-state index contributed by atoms with van der Waals surface area (Å²) >= 11 is 1.56. The number of hydrogen-bond donors (Lipinski definition) is 1. The molecule has 0 spiro atoms. The minimum Gasteiger partial charge on any atom is -0.356 e. The summed E-state index contributed by atoms with van der Waals surface area (Å²) in [6.45, 7) is 3.65. The molecule has 32 heavy (non-hydrogen) atoms. The molecule has 8 heteroatoms. The molecule has 0 unspecified atom stereocenters. The van der Waals surface area contributed by atoms with E-state index in [-0.39, 0.29) is 18.0 Å². The predicted molar refractivity (Wildman–Crippen MR) is 124 cm³/mol. The molecule has 0 saturated heterocycles. The Hall–Kier alpha value is -3.52. The predicted octanol–water partition coefficient (Wildman–Crippen LogP) is 4.37. The number of thiophene rings is 1. The Morgan fingerprint density at radius 3 is 2.72 bits per heavy atom. The highest BCUT2D eigenvalue weighted by atomic mass is 32.1. The summed E-state index contributed by atoms with van der Waals surface area (Å²) in [5.41, 5.74) is 4.85. The van der Waals surface area contributed by atoms with Crippen molar-refractivity contribution in [2.24, 2.45) is 0 Å². The van der Waals surface area contributed by atoms with E-state index in [9.17, 15) is 9.59 Å². The number of anilines is 1. The zero-order valence-corrected chi connectivity index (χ0v) is 18.7. The number of aromatic nitrogens is 3. The number of fused-ring (bicyclic) bond motifs is 1. The van der Waals surface area contributed by atoms with E-state index in [1.54, 1.807) is 17.4 Å². The van der Waals surface area contributed by atoms with E-state index in [0.717, 1.165) is 34.7 Å². The molecule has 0 bridgehead atoms. The van der Waals surface area contributed by atoms with Gasteiger partial charge < -0.3 is 9.84 Å². The van der Waals surface area contributed by atoms with Gasteiger partial charge in [-0.3, -0.25) is 9.59 Å².